The van der Waals surface area contributed by atoms with E-state index in [0.717, 1.165) is 38.9 Å². The van der Waals surface area contributed by atoms with Crippen molar-refractivity contribution < 1.29 is 4.79 Å². The number of hydrogen-bond acceptors (Lipinski definition) is 3. The number of thioether (sulfide) groups is 1. The van der Waals surface area contributed by atoms with Gasteiger partial charge in [-0.05, 0) is 25.3 Å². The lowest BCUT2D eigenvalue weighted by Gasteiger charge is -2.35. The Hall–Kier alpha value is -0.220. The molecule has 1 heterocycles. The number of carbonyl (C=O) groups excluding carboxylic acids is 1. The average Bonchev–Trinajstić information content (AvgIpc) is 2.32. The third kappa shape index (κ3) is 5.19. The highest BCUT2D eigenvalue weighted by molar-refractivity contribution is 8.00. The summed E-state index contributed by atoms with van der Waals surface area (Å²) in [5.41, 5.74) is 5.59. The van der Waals surface area contributed by atoms with Gasteiger partial charge in [-0.3, -0.25) is 4.79 Å². The Bertz CT molecular complexity index is 250. The van der Waals surface area contributed by atoms with Crippen LogP contribution in [-0.2, 0) is 4.79 Å². The molecule has 18 heavy (non-hydrogen) atoms. The first kappa shape index (κ1) is 15.8. The van der Waals surface area contributed by atoms with E-state index in [0.29, 0.717) is 28.7 Å². The van der Waals surface area contributed by atoms with Gasteiger partial charge in [-0.1, -0.05) is 27.2 Å². The summed E-state index contributed by atoms with van der Waals surface area (Å²) in [4.78, 5) is 14.3. The summed E-state index contributed by atoms with van der Waals surface area (Å²) in [6.45, 7) is 9.18. The molecule has 0 bridgehead atoms. The van der Waals surface area contributed by atoms with Crippen LogP contribution in [0.2, 0.25) is 0 Å². The first-order valence-electron chi connectivity index (χ1n) is 7.20. The van der Waals surface area contributed by atoms with E-state index < -0.39 is 0 Å². The van der Waals surface area contributed by atoms with Crippen LogP contribution < -0.4 is 5.73 Å². The number of carbonyl (C=O) groups is 1. The van der Waals surface area contributed by atoms with Crippen LogP contribution in [0.1, 0.15) is 46.5 Å². The second-order valence-electron chi connectivity index (χ2n) is 5.45. The quantitative estimate of drug-likeness (QED) is 0.808. The molecule has 1 aliphatic rings. The minimum atomic E-state index is 0.337. The topological polar surface area (TPSA) is 46.3 Å². The summed E-state index contributed by atoms with van der Waals surface area (Å²) in [6.07, 6.45) is 3.88. The molecular formula is C14H28N2OS. The summed E-state index contributed by atoms with van der Waals surface area (Å²) in [5.74, 6) is 0.956. The molecule has 0 aromatic carbocycles. The predicted octanol–water partition coefficient (Wildman–Crippen LogP) is 2.49. The third-order valence-electron chi connectivity index (χ3n) is 3.69. The highest BCUT2D eigenvalue weighted by atomic mass is 32.2. The van der Waals surface area contributed by atoms with Gasteiger partial charge in [-0.2, -0.15) is 11.8 Å². The fraction of sp³-hybridized carbons (Fsp3) is 0.929. The van der Waals surface area contributed by atoms with Gasteiger partial charge in [-0.25, -0.2) is 0 Å². The molecule has 0 aromatic heterocycles. The maximum atomic E-state index is 12.2. The van der Waals surface area contributed by atoms with Crippen molar-refractivity contribution in [2.75, 3.05) is 19.6 Å². The van der Waals surface area contributed by atoms with Gasteiger partial charge in [0.15, 0.2) is 0 Å². The highest BCUT2D eigenvalue weighted by Crippen LogP contribution is 2.25. The number of nitrogens with two attached hydrogens (primary N) is 1. The molecule has 4 heteroatoms. The van der Waals surface area contributed by atoms with Crippen LogP contribution in [0.4, 0.5) is 0 Å². The van der Waals surface area contributed by atoms with E-state index in [1.807, 2.05) is 11.8 Å². The van der Waals surface area contributed by atoms with Crippen molar-refractivity contribution in [3.8, 4) is 0 Å². The zero-order chi connectivity index (χ0) is 13.5. The lowest BCUT2D eigenvalue weighted by molar-refractivity contribution is -0.131. The number of amides is 1. The maximum absolute atomic E-state index is 12.2. The van der Waals surface area contributed by atoms with E-state index in [1.165, 1.54) is 0 Å². The monoisotopic (exact) mass is 272 g/mol. The molecule has 3 atom stereocenters. The fourth-order valence-electron chi connectivity index (χ4n) is 2.66. The molecule has 0 radical (unpaired) electrons. The van der Waals surface area contributed by atoms with Crippen LogP contribution in [0.3, 0.4) is 0 Å². The summed E-state index contributed by atoms with van der Waals surface area (Å²) in [6, 6.07) is 0. The van der Waals surface area contributed by atoms with Gasteiger partial charge in [-0.15, -0.1) is 0 Å². The van der Waals surface area contributed by atoms with Gasteiger partial charge in [0.25, 0.3) is 0 Å². The molecule has 1 saturated heterocycles. The lowest BCUT2D eigenvalue weighted by Crippen LogP contribution is -2.44. The Morgan fingerprint density at radius 1 is 1.33 bits per heavy atom. The molecule has 3 nitrogen and oxygen atoms in total. The van der Waals surface area contributed by atoms with Crippen molar-refractivity contribution in [3.05, 3.63) is 0 Å². The summed E-state index contributed by atoms with van der Waals surface area (Å²) in [7, 11) is 0. The molecule has 1 fully saturated rings. The minimum Gasteiger partial charge on any atom is -0.341 e. The van der Waals surface area contributed by atoms with Gasteiger partial charge in [0.05, 0.1) is 0 Å². The molecule has 0 aromatic rings. The van der Waals surface area contributed by atoms with Gasteiger partial charge in [0, 0.05) is 30.0 Å². The van der Waals surface area contributed by atoms with Crippen molar-refractivity contribution in [1.82, 2.24) is 4.90 Å². The van der Waals surface area contributed by atoms with Crippen molar-refractivity contribution in [2.24, 2.45) is 11.7 Å². The Kier molecular flexibility index (Phi) is 7.08. The Labute approximate surface area is 116 Å². The summed E-state index contributed by atoms with van der Waals surface area (Å²) < 4.78 is 0. The van der Waals surface area contributed by atoms with Crippen LogP contribution >= 0.6 is 11.8 Å². The number of nitrogens with zero attached hydrogens (tertiary/aromatic N) is 1. The second-order valence-corrected chi connectivity index (χ2v) is 7.33. The van der Waals surface area contributed by atoms with Crippen LogP contribution in [0.15, 0.2) is 0 Å². The van der Waals surface area contributed by atoms with E-state index >= 15 is 0 Å². The second kappa shape index (κ2) is 8.05. The van der Waals surface area contributed by atoms with E-state index in [4.69, 9.17) is 5.73 Å². The Morgan fingerprint density at radius 3 is 2.44 bits per heavy atom. The first-order chi connectivity index (χ1) is 8.56. The third-order valence-corrected chi connectivity index (χ3v) is 4.92. The summed E-state index contributed by atoms with van der Waals surface area (Å²) in [5, 5.41) is 1.15. The normalized spacial score (nSPS) is 26.1. The molecule has 3 unspecified atom stereocenters. The van der Waals surface area contributed by atoms with Gasteiger partial charge >= 0.3 is 0 Å². The van der Waals surface area contributed by atoms with Crippen molar-refractivity contribution in [1.29, 1.82) is 0 Å². The first-order valence-corrected chi connectivity index (χ1v) is 8.14. The lowest BCUT2D eigenvalue weighted by atomic mass is 9.96. The van der Waals surface area contributed by atoms with Crippen LogP contribution in [0, 0.1) is 5.92 Å². The maximum Gasteiger partial charge on any atom is 0.222 e. The summed E-state index contributed by atoms with van der Waals surface area (Å²) >= 11 is 1.99. The number of hydrogen-bond donors (Lipinski definition) is 1. The molecule has 1 rings (SSSR count). The minimum absolute atomic E-state index is 0.337. The average molecular weight is 272 g/mol. The zero-order valence-corrected chi connectivity index (χ0v) is 12.8. The Morgan fingerprint density at radius 2 is 1.94 bits per heavy atom. The smallest absolute Gasteiger partial charge is 0.222 e. The van der Waals surface area contributed by atoms with E-state index in [9.17, 15) is 4.79 Å². The Balaban J connectivity index is 2.35. The molecular weight excluding hydrogens is 244 g/mol. The predicted molar refractivity (Wildman–Crippen MR) is 79.8 cm³/mol. The van der Waals surface area contributed by atoms with Crippen LogP contribution in [0.5, 0.6) is 0 Å². The standard InChI is InChI=1S/C14H28N2OS/c1-4-13(7-8-15)5-6-14(17)16-9-11(2)18-12(3)10-16/h11-13H,4-10,15H2,1-3H3. The van der Waals surface area contributed by atoms with Crippen LogP contribution in [-0.4, -0.2) is 40.9 Å². The van der Waals surface area contributed by atoms with E-state index in [2.05, 4.69) is 25.7 Å². The van der Waals surface area contributed by atoms with Crippen molar-refractivity contribution in [2.45, 2.75) is 57.0 Å². The number of rotatable bonds is 6. The van der Waals surface area contributed by atoms with Gasteiger partial charge in [0.2, 0.25) is 5.91 Å². The molecule has 106 valence electrons. The molecule has 0 aliphatic carbocycles. The van der Waals surface area contributed by atoms with Crippen LogP contribution in [0.25, 0.3) is 0 Å². The van der Waals surface area contributed by atoms with Crippen molar-refractivity contribution in [3.63, 3.8) is 0 Å². The molecule has 0 saturated carbocycles. The molecule has 0 spiro atoms. The zero-order valence-electron chi connectivity index (χ0n) is 12.0. The highest BCUT2D eigenvalue weighted by Gasteiger charge is 2.25. The SMILES string of the molecule is CCC(CCN)CCC(=O)N1CC(C)SC(C)C1. The fourth-order valence-corrected chi connectivity index (χ4v) is 3.98. The van der Waals surface area contributed by atoms with Crippen molar-refractivity contribution >= 4 is 17.7 Å². The van der Waals surface area contributed by atoms with E-state index in [-0.39, 0.29) is 0 Å². The van der Waals surface area contributed by atoms with Gasteiger partial charge in [0.1, 0.15) is 0 Å². The van der Waals surface area contributed by atoms with Gasteiger partial charge < -0.3 is 10.6 Å². The molecule has 1 amide bonds. The largest absolute Gasteiger partial charge is 0.341 e. The van der Waals surface area contributed by atoms with E-state index in [1.54, 1.807) is 0 Å². The molecule has 2 N–H and O–H groups in total. The molecule has 1 aliphatic heterocycles.